The minimum atomic E-state index is 0.229. The summed E-state index contributed by atoms with van der Waals surface area (Å²) >= 11 is 3.47. The van der Waals surface area contributed by atoms with E-state index in [0.717, 1.165) is 18.1 Å². The van der Waals surface area contributed by atoms with Crippen LogP contribution in [0.4, 0.5) is 0 Å². The molecule has 2 rings (SSSR count). The molecule has 0 radical (unpaired) electrons. The third-order valence-electron chi connectivity index (χ3n) is 2.41. The van der Waals surface area contributed by atoms with Crippen LogP contribution in [0.2, 0.25) is 0 Å². The second-order valence-corrected chi connectivity index (χ2v) is 4.96. The lowest BCUT2D eigenvalue weighted by atomic mass is 10.4. The van der Waals surface area contributed by atoms with Crippen LogP contribution in [0.3, 0.4) is 0 Å². The van der Waals surface area contributed by atoms with Gasteiger partial charge >= 0.3 is 0 Å². The van der Waals surface area contributed by atoms with Crippen LogP contribution in [0, 0.1) is 0 Å². The fraction of sp³-hybridized carbons (Fsp3) is 0.500. The highest BCUT2D eigenvalue weighted by Gasteiger charge is 2.08. The standard InChI is InChI=1S/C10H14BrN5/c1-3-15-5-4-12-10(15)7-16-6-9(8(2)11)13-14-16/h4-6,8H,3,7H2,1-2H3. The number of imidazole rings is 1. The molecule has 2 aromatic heterocycles. The van der Waals surface area contributed by atoms with E-state index in [9.17, 15) is 0 Å². The van der Waals surface area contributed by atoms with Gasteiger partial charge in [0.25, 0.3) is 0 Å². The van der Waals surface area contributed by atoms with E-state index in [1.165, 1.54) is 0 Å². The Morgan fingerprint density at radius 3 is 2.94 bits per heavy atom. The van der Waals surface area contributed by atoms with Gasteiger partial charge in [-0.25, -0.2) is 9.67 Å². The number of alkyl halides is 1. The topological polar surface area (TPSA) is 48.5 Å². The molecule has 86 valence electrons. The lowest BCUT2D eigenvalue weighted by Crippen LogP contribution is -2.08. The molecule has 2 heterocycles. The van der Waals surface area contributed by atoms with Gasteiger partial charge in [0.2, 0.25) is 0 Å². The van der Waals surface area contributed by atoms with E-state index in [4.69, 9.17) is 0 Å². The van der Waals surface area contributed by atoms with E-state index in [2.05, 4.69) is 42.7 Å². The van der Waals surface area contributed by atoms with Crippen molar-refractivity contribution < 1.29 is 0 Å². The molecule has 1 unspecified atom stereocenters. The first kappa shape index (κ1) is 11.3. The summed E-state index contributed by atoms with van der Waals surface area (Å²) in [5.74, 6) is 1.00. The van der Waals surface area contributed by atoms with Gasteiger partial charge in [0.1, 0.15) is 12.4 Å². The summed E-state index contributed by atoms with van der Waals surface area (Å²) in [6.45, 7) is 5.71. The molecule has 16 heavy (non-hydrogen) atoms. The smallest absolute Gasteiger partial charge is 0.130 e. The summed E-state index contributed by atoms with van der Waals surface area (Å²) in [5.41, 5.74) is 0.939. The molecule has 6 heteroatoms. The molecule has 0 aliphatic rings. The van der Waals surface area contributed by atoms with Crippen molar-refractivity contribution in [3.05, 3.63) is 30.1 Å². The van der Waals surface area contributed by atoms with Gasteiger partial charge in [-0.2, -0.15) is 0 Å². The van der Waals surface area contributed by atoms with Gasteiger partial charge in [0.05, 0.1) is 16.7 Å². The van der Waals surface area contributed by atoms with Crippen LogP contribution in [0.1, 0.15) is 30.2 Å². The summed E-state index contributed by atoms with van der Waals surface area (Å²) in [5, 5.41) is 8.15. The van der Waals surface area contributed by atoms with Gasteiger partial charge < -0.3 is 4.57 Å². The lowest BCUT2D eigenvalue weighted by Gasteiger charge is -2.03. The molecular formula is C10H14BrN5. The van der Waals surface area contributed by atoms with Crippen LogP contribution in [-0.4, -0.2) is 24.5 Å². The molecule has 0 saturated carbocycles. The van der Waals surface area contributed by atoms with Crippen molar-refractivity contribution >= 4 is 15.9 Å². The predicted molar refractivity (Wildman–Crippen MR) is 64.4 cm³/mol. The van der Waals surface area contributed by atoms with E-state index >= 15 is 0 Å². The molecule has 5 nitrogen and oxygen atoms in total. The highest BCUT2D eigenvalue weighted by molar-refractivity contribution is 9.09. The molecule has 0 saturated heterocycles. The van der Waals surface area contributed by atoms with Crippen LogP contribution >= 0.6 is 15.9 Å². The maximum atomic E-state index is 4.30. The second kappa shape index (κ2) is 4.78. The zero-order valence-electron chi connectivity index (χ0n) is 9.34. The highest BCUT2D eigenvalue weighted by atomic mass is 79.9. The van der Waals surface area contributed by atoms with Gasteiger partial charge in [0, 0.05) is 18.9 Å². The third kappa shape index (κ3) is 2.32. The quantitative estimate of drug-likeness (QED) is 0.807. The SMILES string of the molecule is CCn1ccnc1Cn1cc(C(C)Br)nn1. The highest BCUT2D eigenvalue weighted by Crippen LogP contribution is 2.18. The van der Waals surface area contributed by atoms with E-state index in [0.29, 0.717) is 6.54 Å². The summed E-state index contributed by atoms with van der Waals surface area (Å²) < 4.78 is 3.90. The van der Waals surface area contributed by atoms with E-state index < -0.39 is 0 Å². The van der Waals surface area contributed by atoms with E-state index in [-0.39, 0.29) is 4.83 Å². The monoisotopic (exact) mass is 283 g/mol. The molecular weight excluding hydrogens is 270 g/mol. The molecule has 0 fully saturated rings. The number of aryl methyl sites for hydroxylation is 1. The van der Waals surface area contributed by atoms with Crippen LogP contribution in [-0.2, 0) is 13.1 Å². The Morgan fingerprint density at radius 1 is 1.50 bits per heavy atom. The Labute approximate surface area is 103 Å². The Balaban J connectivity index is 2.14. The summed E-state index contributed by atoms with van der Waals surface area (Å²) in [6.07, 6.45) is 5.72. The largest absolute Gasteiger partial charge is 0.334 e. The van der Waals surface area contributed by atoms with Crippen molar-refractivity contribution in [2.24, 2.45) is 0 Å². The van der Waals surface area contributed by atoms with E-state index in [1.54, 1.807) is 0 Å². The molecule has 0 aliphatic heterocycles. The third-order valence-corrected chi connectivity index (χ3v) is 2.88. The van der Waals surface area contributed by atoms with Crippen molar-refractivity contribution in [1.82, 2.24) is 24.5 Å². The number of hydrogen-bond acceptors (Lipinski definition) is 3. The molecule has 1 atom stereocenters. The minimum absolute atomic E-state index is 0.229. The Kier molecular flexibility index (Phi) is 3.38. The Morgan fingerprint density at radius 2 is 2.31 bits per heavy atom. The number of rotatable bonds is 4. The molecule has 0 spiro atoms. The summed E-state index contributed by atoms with van der Waals surface area (Å²) in [7, 11) is 0. The van der Waals surface area contributed by atoms with Crippen LogP contribution in [0.5, 0.6) is 0 Å². The van der Waals surface area contributed by atoms with Crippen LogP contribution in [0.15, 0.2) is 18.6 Å². The van der Waals surface area contributed by atoms with Gasteiger partial charge in [-0.05, 0) is 13.8 Å². The van der Waals surface area contributed by atoms with Crippen molar-refractivity contribution in [1.29, 1.82) is 0 Å². The lowest BCUT2D eigenvalue weighted by molar-refractivity contribution is 0.588. The molecule has 0 aliphatic carbocycles. The van der Waals surface area contributed by atoms with Crippen LogP contribution < -0.4 is 0 Å². The zero-order chi connectivity index (χ0) is 11.5. The molecule has 0 amide bonds. The van der Waals surface area contributed by atoms with Gasteiger partial charge in [-0.15, -0.1) is 5.10 Å². The van der Waals surface area contributed by atoms with Crippen LogP contribution in [0.25, 0.3) is 0 Å². The van der Waals surface area contributed by atoms with Gasteiger partial charge in [-0.1, -0.05) is 21.1 Å². The average Bonchev–Trinajstić information content (AvgIpc) is 2.87. The van der Waals surface area contributed by atoms with E-state index in [1.807, 2.05) is 30.2 Å². The first-order chi connectivity index (χ1) is 7.70. The van der Waals surface area contributed by atoms with Crippen molar-refractivity contribution in [3.63, 3.8) is 0 Å². The summed E-state index contributed by atoms with van der Waals surface area (Å²) in [4.78, 5) is 4.53. The molecule has 0 N–H and O–H groups in total. The Hall–Kier alpha value is -1.17. The normalized spacial score (nSPS) is 12.9. The van der Waals surface area contributed by atoms with Crippen molar-refractivity contribution in [2.75, 3.05) is 0 Å². The minimum Gasteiger partial charge on any atom is -0.334 e. The maximum Gasteiger partial charge on any atom is 0.130 e. The number of aromatic nitrogens is 5. The second-order valence-electron chi connectivity index (χ2n) is 3.59. The first-order valence-electron chi connectivity index (χ1n) is 5.24. The number of hydrogen-bond donors (Lipinski definition) is 0. The number of halogens is 1. The Bertz CT molecular complexity index is 459. The van der Waals surface area contributed by atoms with Crippen molar-refractivity contribution in [2.45, 2.75) is 31.8 Å². The fourth-order valence-corrected chi connectivity index (χ4v) is 1.71. The van der Waals surface area contributed by atoms with Gasteiger partial charge in [-0.3, -0.25) is 0 Å². The maximum absolute atomic E-state index is 4.30. The molecule has 0 bridgehead atoms. The molecule has 0 aromatic carbocycles. The molecule has 2 aromatic rings. The number of nitrogens with zero attached hydrogens (tertiary/aromatic N) is 5. The average molecular weight is 284 g/mol. The van der Waals surface area contributed by atoms with Crippen molar-refractivity contribution in [3.8, 4) is 0 Å². The fourth-order valence-electron chi connectivity index (χ4n) is 1.50. The predicted octanol–water partition coefficient (Wildman–Crippen LogP) is 2.00. The summed E-state index contributed by atoms with van der Waals surface area (Å²) in [6, 6.07) is 0. The first-order valence-corrected chi connectivity index (χ1v) is 6.16. The zero-order valence-corrected chi connectivity index (χ0v) is 10.9. The van der Waals surface area contributed by atoms with Gasteiger partial charge in [0.15, 0.2) is 0 Å².